The third kappa shape index (κ3) is 3.56. The lowest BCUT2D eigenvalue weighted by Crippen LogP contribution is -2.01. The molecule has 0 N–H and O–H groups in total. The molecule has 1 atom stereocenters. The van der Waals surface area contributed by atoms with E-state index in [2.05, 4.69) is 11.4 Å². The summed E-state index contributed by atoms with van der Waals surface area (Å²) < 4.78 is 12.5. The van der Waals surface area contributed by atoms with Gasteiger partial charge in [-0.15, -0.1) is 0 Å². The molecule has 1 aromatic rings. The fourth-order valence-electron chi connectivity index (χ4n) is 0.768. The number of halogens is 1. The number of rotatable bonds is 4. The van der Waals surface area contributed by atoms with Crippen LogP contribution in [0.2, 0.25) is 0 Å². The minimum atomic E-state index is -0.265. The van der Waals surface area contributed by atoms with E-state index in [1.54, 1.807) is 12.1 Å². The van der Waals surface area contributed by atoms with Crippen LogP contribution < -0.4 is 0 Å². The molecule has 1 aromatic carbocycles. The zero-order valence-electron chi connectivity index (χ0n) is 8.33. The third-order valence-electron chi connectivity index (χ3n) is 1.83. The number of nitrogens with zero attached hydrogens (tertiary/aromatic N) is 1. The molecule has 0 spiro atoms. The van der Waals surface area contributed by atoms with E-state index in [4.69, 9.17) is 4.84 Å². The second-order valence-electron chi connectivity index (χ2n) is 3.03. The fourth-order valence-corrected chi connectivity index (χ4v) is 0.768. The van der Waals surface area contributed by atoms with E-state index < -0.39 is 0 Å². The quantitative estimate of drug-likeness (QED) is 0.533. The second-order valence-corrected chi connectivity index (χ2v) is 3.03. The molecule has 0 fully saturated rings. The SMILES string of the molecule is CCC(C)O/N=[C]/c1ccc(F)cc1. The Morgan fingerprint density at radius 1 is 1.43 bits per heavy atom. The molecule has 0 aliphatic heterocycles. The van der Waals surface area contributed by atoms with Gasteiger partial charge in [0.1, 0.15) is 18.1 Å². The Morgan fingerprint density at radius 3 is 2.64 bits per heavy atom. The van der Waals surface area contributed by atoms with Crippen molar-refractivity contribution in [3.05, 3.63) is 35.6 Å². The first-order chi connectivity index (χ1) is 6.72. The van der Waals surface area contributed by atoms with Crippen molar-refractivity contribution in [1.82, 2.24) is 0 Å². The van der Waals surface area contributed by atoms with Gasteiger partial charge in [0.2, 0.25) is 0 Å². The standard InChI is InChI=1S/C11H13FNO/c1-3-9(2)14-13-8-10-4-6-11(12)7-5-10/h4-7,9H,3H2,1-2H3. The maximum absolute atomic E-state index is 12.5. The molecule has 1 rings (SSSR count). The van der Waals surface area contributed by atoms with E-state index in [9.17, 15) is 4.39 Å². The van der Waals surface area contributed by atoms with Crippen LogP contribution in [0.4, 0.5) is 4.39 Å². The van der Waals surface area contributed by atoms with Crippen molar-refractivity contribution in [2.75, 3.05) is 0 Å². The molecular weight excluding hydrogens is 181 g/mol. The first-order valence-corrected chi connectivity index (χ1v) is 4.59. The Balaban J connectivity index is 2.48. The highest BCUT2D eigenvalue weighted by molar-refractivity contribution is 5.78. The van der Waals surface area contributed by atoms with Crippen LogP contribution in [-0.2, 0) is 4.84 Å². The van der Waals surface area contributed by atoms with E-state index in [0.29, 0.717) is 5.56 Å². The molecule has 1 radical (unpaired) electrons. The first kappa shape index (κ1) is 10.7. The lowest BCUT2D eigenvalue weighted by atomic mass is 10.2. The van der Waals surface area contributed by atoms with Crippen molar-refractivity contribution < 1.29 is 9.23 Å². The summed E-state index contributed by atoms with van der Waals surface area (Å²) in [4.78, 5) is 5.05. The molecule has 0 aliphatic rings. The molecule has 2 nitrogen and oxygen atoms in total. The van der Waals surface area contributed by atoms with Crippen LogP contribution in [0.25, 0.3) is 0 Å². The fraction of sp³-hybridized carbons (Fsp3) is 0.364. The van der Waals surface area contributed by atoms with Gasteiger partial charge in [0.05, 0.1) is 0 Å². The predicted octanol–water partition coefficient (Wildman–Crippen LogP) is 2.85. The summed E-state index contributed by atoms with van der Waals surface area (Å²) in [5.41, 5.74) is 0.703. The normalized spacial score (nSPS) is 13.1. The van der Waals surface area contributed by atoms with Crippen molar-refractivity contribution in [3.8, 4) is 0 Å². The molecule has 0 amide bonds. The monoisotopic (exact) mass is 194 g/mol. The largest absolute Gasteiger partial charge is 0.392 e. The molecular formula is C11H13FNO. The van der Waals surface area contributed by atoms with Gasteiger partial charge in [-0.05, 0) is 37.6 Å². The minimum Gasteiger partial charge on any atom is -0.392 e. The summed E-state index contributed by atoms with van der Waals surface area (Å²) in [7, 11) is 0. The van der Waals surface area contributed by atoms with Crippen molar-refractivity contribution >= 4 is 6.21 Å². The van der Waals surface area contributed by atoms with Crippen molar-refractivity contribution in [2.24, 2.45) is 5.16 Å². The molecule has 3 heteroatoms. The highest BCUT2D eigenvalue weighted by Gasteiger charge is 1.95. The van der Waals surface area contributed by atoms with Crippen molar-refractivity contribution in [2.45, 2.75) is 26.4 Å². The Morgan fingerprint density at radius 2 is 2.07 bits per heavy atom. The van der Waals surface area contributed by atoms with Gasteiger partial charge in [0, 0.05) is 5.56 Å². The van der Waals surface area contributed by atoms with Gasteiger partial charge in [0.15, 0.2) is 0 Å². The van der Waals surface area contributed by atoms with Crippen LogP contribution in [-0.4, -0.2) is 12.3 Å². The van der Waals surface area contributed by atoms with Gasteiger partial charge in [-0.1, -0.05) is 12.1 Å². The molecule has 75 valence electrons. The smallest absolute Gasteiger partial charge is 0.139 e. The average Bonchev–Trinajstić information content (AvgIpc) is 2.21. The van der Waals surface area contributed by atoms with Crippen LogP contribution >= 0.6 is 0 Å². The number of hydrogen-bond acceptors (Lipinski definition) is 2. The van der Waals surface area contributed by atoms with Gasteiger partial charge in [-0.3, -0.25) is 0 Å². The molecule has 0 aliphatic carbocycles. The third-order valence-corrected chi connectivity index (χ3v) is 1.83. The summed E-state index contributed by atoms with van der Waals surface area (Å²) >= 11 is 0. The van der Waals surface area contributed by atoms with Crippen LogP contribution in [0.3, 0.4) is 0 Å². The molecule has 0 heterocycles. The van der Waals surface area contributed by atoms with Crippen LogP contribution in [0.5, 0.6) is 0 Å². The Hall–Kier alpha value is -1.38. The zero-order chi connectivity index (χ0) is 10.4. The van der Waals surface area contributed by atoms with Gasteiger partial charge < -0.3 is 4.84 Å². The summed E-state index contributed by atoms with van der Waals surface area (Å²) in [5, 5.41) is 3.67. The van der Waals surface area contributed by atoms with Gasteiger partial charge in [0.25, 0.3) is 0 Å². The molecule has 1 unspecified atom stereocenters. The Labute approximate surface area is 83.4 Å². The average molecular weight is 194 g/mol. The molecule has 14 heavy (non-hydrogen) atoms. The highest BCUT2D eigenvalue weighted by atomic mass is 19.1. The summed E-state index contributed by atoms with van der Waals surface area (Å²) in [6.45, 7) is 3.94. The van der Waals surface area contributed by atoms with E-state index in [0.717, 1.165) is 6.42 Å². The predicted molar refractivity (Wildman–Crippen MR) is 53.8 cm³/mol. The zero-order valence-corrected chi connectivity index (χ0v) is 8.33. The second kappa shape index (κ2) is 5.37. The van der Waals surface area contributed by atoms with E-state index in [1.165, 1.54) is 12.1 Å². The molecule has 0 saturated carbocycles. The Kier molecular flexibility index (Phi) is 4.11. The molecule has 0 bridgehead atoms. The van der Waals surface area contributed by atoms with Crippen LogP contribution in [0.1, 0.15) is 25.8 Å². The minimum absolute atomic E-state index is 0.0861. The lowest BCUT2D eigenvalue weighted by Gasteiger charge is -2.03. The summed E-state index contributed by atoms with van der Waals surface area (Å²) in [6.07, 6.45) is 3.66. The topological polar surface area (TPSA) is 21.6 Å². The van der Waals surface area contributed by atoms with E-state index >= 15 is 0 Å². The van der Waals surface area contributed by atoms with Gasteiger partial charge >= 0.3 is 0 Å². The lowest BCUT2D eigenvalue weighted by molar-refractivity contribution is 0.0712. The maximum Gasteiger partial charge on any atom is 0.139 e. The van der Waals surface area contributed by atoms with Gasteiger partial charge in [-0.25, -0.2) is 4.39 Å². The van der Waals surface area contributed by atoms with E-state index in [1.807, 2.05) is 13.8 Å². The first-order valence-electron chi connectivity index (χ1n) is 4.59. The highest BCUT2D eigenvalue weighted by Crippen LogP contribution is 2.01. The molecule has 0 saturated heterocycles. The Bertz CT molecular complexity index is 295. The van der Waals surface area contributed by atoms with Crippen molar-refractivity contribution in [3.63, 3.8) is 0 Å². The maximum atomic E-state index is 12.5. The van der Waals surface area contributed by atoms with Crippen molar-refractivity contribution in [1.29, 1.82) is 0 Å². The number of hydrogen-bond donors (Lipinski definition) is 0. The van der Waals surface area contributed by atoms with E-state index in [-0.39, 0.29) is 11.9 Å². The summed E-state index contributed by atoms with van der Waals surface area (Å²) in [5.74, 6) is -0.265. The van der Waals surface area contributed by atoms with Crippen LogP contribution in [0.15, 0.2) is 29.4 Å². The van der Waals surface area contributed by atoms with Gasteiger partial charge in [-0.2, -0.15) is 0 Å². The molecule has 0 aromatic heterocycles. The summed E-state index contributed by atoms with van der Waals surface area (Å²) in [6, 6.07) is 5.92. The van der Waals surface area contributed by atoms with Crippen LogP contribution in [0, 0.1) is 5.82 Å². The number of benzene rings is 1.